The Hall–Kier alpha value is -1.51. The standard InChI is InChI=1S/C22H22O2P.BrH/c1-4-10-19(11-5-1)25(18-22-23-16-17-24-22,20-12-6-2-7-13-20)21-14-8-3-9-15-21;/h1-15,22H,16-18H2;1H. The fourth-order valence-electron chi connectivity index (χ4n) is 3.55. The van der Waals surface area contributed by atoms with Crippen LogP contribution in [0.4, 0.5) is 0 Å². The molecule has 0 atom stereocenters. The number of benzene rings is 3. The summed E-state index contributed by atoms with van der Waals surface area (Å²) in [5, 5.41) is 4.10. The highest BCUT2D eigenvalue weighted by Gasteiger charge is 2.38. The lowest BCUT2D eigenvalue weighted by atomic mass is 10.4. The van der Waals surface area contributed by atoms with E-state index in [0.29, 0.717) is 13.2 Å². The van der Waals surface area contributed by atoms with Crippen LogP contribution < -0.4 is 15.9 Å². The van der Waals surface area contributed by atoms with Gasteiger partial charge in [0.2, 0.25) is 0 Å². The predicted molar refractivity (Wildman–Crippen MR) is 116 cm³/mol. The molecule has 26 heavy (non-hydrogen) atoms. The molecule has 3 aromatic carbocycles. The molecule has 135 valence electrons. The van der Waals surface area contributed by atoms with Gasteiger partial charge in [0.1, 0.15) is 0 Å². The predicted octanol–water partition coefficient (Wildman–Crippen LogP) is 3.93. The van der Waals surface area contributed by atoms with E-state index < -0.39 is 7.26 Å². The number of hydrogen-bond donors (Lipinski definition) is 0. The smallest absolute Gasteiger partial charge is 0.162 e. The third-order valence-electron chi connectivity index (χ3n) is 4.70. The molecule has 1 aliphatic heterocycles. The SMILES string of the molecule is Br.c1ccc([P](CC2OCCO2)(c2ccccc2)c2ccccc2)cc1. The van der Waals surface area contributed by atoms with E-state index in [9.17, 15) is 0 Å². The van der Waals surface area contributed by atoms with Crippen molar-refractivity contribution in [3.63, 3.8) is 0 Å². The second-order valence-electron chi connectivity index (χ2n) is 6.17. The van der Waals surface area contributed by atoms with Gasteiger partial charge in [-0.25, -0.2) is 0 Å². The van der Waals surface area contributed by atoms with Gasteiger partial charge in [0.25, 0.3) is 0 Å². The summed E-state index contributed by atoms with van der Waals surface area (Å²) in [6.45, 7) is 1.37. The Labute approximate surface area is 166 Å². The Morgan fingerprint density at radius 3 is 1.31 bits per heavy atom. The summed E-state index contributed by atoms with van der Waals surface area (Å²) in [5.41, 5.74) is 0. The van der Waals surface area contributed by atoms with Gasteiger partial charge in [0.05, 0.1) is 13.2 Å². The van der Waals surface area contributed by atoms with Crippen molar-refractivity contribution in [1.29, 1.82) is 0 Å². The summed E-state index contributed by atoms with van der Waals surface area (Å²) in [5.74, 6) is 0. The fraction of sp³-hybridized carbons (Fsp3) is 0.182. The van der Waals surface area contributed by atoms with Crippen LogP contribution in [0.1, 0.15) is 0 Å². The summed E-state index contributed by atoms with van der Waals surface area (Å²) in [6.07, 6.45) is 0.722. The maximum atomic E-state index is 5.88. The number of hydrogen-bond acceptors (Lipinski definition) is 2. The highest BCUT2D eigenvalue weighted by atomic mass is 79.9. The zero-order valence-electron chi connectivity index (χ0n) is 14.5. The highest BCUT2D eigenvalue weighted by Crippen LogP contribution is 2.56. The molecule has 1 fully saturated rings. The van der Waals surface area contributed by atoms with Crippen molar-refractivity contribution < 1.29 is 9.47 Å². The van der Waals surface area contributed by atoms with Gasteiger partial charge < -0.3 is 9.47 Å². The van der Waals surface area contributed by atoms with Crippen LogP contribution in [-0.4, -0.2) is 25.7 Å². The Morgan fingerprint density at radius 1 is 0.615 bits per heavy atom. The Morgan fingerprint density at radius 2 is 0.962 bits per heavy atom. The maximum absolute atomic E-state index is 5.88. The van der Waals surface area contributed by atoms with E-state index in [2.05, 4.69) is 91.0 Å². The molecule has 0 spiro atoms. The van der Waals surface area contributed by atoms with Crippen LogP contribution in [0.2, 0.25) is 0 Å². The number of halogens is 1. The number of ether oxygens (including phenoxy) is 2. The number of rotatable bonds is 5. The monoisotopic (exact) mass is 429 g/mol. The summed E-state index contributed by atoms with van der Waals surface area (Å²) < 4.78 is 11.8. The van der Waals surface area contributed by atoms with Gasteiger partial charge >= 0.3 is 0 Å². The second-order valence-corrected chi connectivity index (χ2v) is 9.70. The van der Waals surface area contributed by atoms with Crippen LogP contribution in [0.5, 0.6) is 0 Å². The summed E-state index contributed by atoms with van der Waals surface area (Å²) in [6, 6.07) is 32.5. The summed E-state index contributed by atoms with van der Waals surface area (Å²) in [7, 11) is -1.85. The second kappa shape index (κ2) is 8.92. The van der Waals surface area contributed by atoms with Gasteiger partial charge in [-0.05, 0) is 23.2 Å². The van der Waals surface area contributed by atoms with Crippen molar-refractivity contribution in [2.24, 2.45) is 0 Å². The molecule has 0 unspecified atom stereocenters. The highest BCUT2D eigenvalue weighted by molar-refractivity contribution is 8.93. The van der Waals surface area contributed by atoms with Crippen LogP contribution in [0.3, 0.4) is 0 Å². The Bertz CT molecular complexity index is 693. The van der Waals surface area contributed by atoms with Crippen LogP contribution >= 0.6 is 24.2 Å². The van der Waals surface area contributed by atoms with E-state index >= 15 is 0 Å². The van der Waals surface area contributed by atoms with Crippen molar-refractivity contribution in [1.82, 2.24) is 0 Å². The van der Waals surface area contributed by atoms with Crippen LogP contribution in [-0.2, 0) is 9.47 Å². The van der Waals surface area contributed by atoms with Gasteiger partial charge in [0, 0.05) is 6.16 Å². The van der Waals surface area contributed by atoms with Crippen LogP contribution in [0.15, 0.2) is 91.0 Å². The first-order chi connectivity index (χ1) is 12.4. The zero-order valence-corrected chi connectivity index (χ0v) is 17.1. The third kappa shape index (κ3) is 3.77. The van der Waals surface area contributed by atoms with Crippen molar-refractivity contribution in [3.8, 4) is 0 Å². The van der Waals surface area contributed by atoms with E-state index in [1.54, 1.807) is 0 Å². The van der Waals surface area contributed by atoms with Crippen molar-refractivity contribution in [2.75, 3.05) is 19.4 Å². The van der Waals surface area contributed by atoms with E-state index in [1.807, 2.05) is 0 Å². The largest absolute Gasteiger partial charge is 0.350 e. The maximum Gasteiger partial charge on any atom is 0.162 e. The topological polar surface area (TPSA) is 18.5 Å². The molecule has 0 N–H and O–H groups in total. The lowest BCUT2D eigenvalue weighted by Gasteiger charge is -2.39. The Balaban J connectivity index is 0.00000196. The van der Waals surface area contributed by atoms with Crippen molar-refractivity contribution in [3.05, 3.63) is 91.0 Å². The molecule has 0 bridgehead atoms. The molecule has 3 aromatic rings. The summed E-state index contributed by atoms with van der Waals surface area (Å²) >= 11 is 0. The molecule has 0 aliphatic carbocycles. The quantitative estimate of drug-likeness (QED) is 0.572. The first-order valence-electron chi connectivity index (χ1n) is 8.68. The third-order valence-corrected chi connectivity index (χ3v) is 9.09. The van der Waals surface area contributed by atoms with Crippen molar-refractivity contribution >= 4 is 40.2 Å². The molecule has 0 amide bonds. The lowest BCUT2D eigenvalue weighted by Crippen LogP contribution is -2.37. The average Bonchev–Trinajstić information content (AvgIpc) is 3.21. The van der Waals surface area contributed by atoms with Gasteiger partial charge in [-0.1, -0.05) is 91.0 Å². The zero-order chi connectivity index (χ0) is 17.0. The van der Waals surface area contributed by atoms with Crippen LogP contribution in [0, 0.1) is 0 Å². The molecule has 1 radical (unpaired) electrons. The minimum absolute atomic E-state index is 0. The molecular formula is C22H23BrO2P. The molecular weight excluding hydrogens is 407 g/mol. The minimum atomic E-state index is -1.85. The molecule has 4 heteroatoms. The summed E-state index contributed by atoms with van der Waals surface area (Å²) in [4.78, 5) is 0. The van der Waals surface area contributed by atoms with E-state index in [0.717, 1.165) is 6.16 Å². The Kier molecular flexibility index (Phi) is 6.61. The molecule has 1 saturated heterocycles. The van der Waals surface area contributed by atoms with Gasteiger partial charge in [-0.15, -0.1) is 17.0 Å². The first kappa shape index (κ1) is 19.3. The van der Waals surface area contributed by atoms with E-state index in [1.165, 1.54) is 15.9 Å². The van der Waals surface area contributed by atoms with Gasteiger partial charge in [-0.3, -0.25) is 0 Å². The van der Waals surface area contributed by atoms with Gasteiger partial charge in [-0.2, -0.15) is 0 Å². The van der Waals surface area contributed by atoms with E-state index in [4.69, 9.17) is 9.47 Å². The van der Waals surface area contributed by atoms with E-state index in [-0.39, 0.29) is 23.3 Å². The molecule has 1 aliphatic rings. The molecule has 2 nitrogen and oxygen atoms in total. The average molecular weight is 430 g/mol. The van der Waals surface area contributed by atoms with Crippen LogP contribution in [0.25, 0.3) is 0 Å². The minimum Gasteiger partial charge on any atom is -0.350 e. The lowest BCUT2D eigenvalue weighted by molar-refractivity contribution is -0.0223. The van der Waals surface area contributed by atoms with Gasteiger partial charge in [0.15, 0.2) is 6.29 Å². The fourth-order valence-corrected chi connectivity index (χ4v) is 7.78. The molecule has 4 rings (SSSR count). The molecule has 0 aromatic heterocycles. The van der Waals surface area contributed by atoms with Crippen molar-refractivity contribution in [2.45, 2.75) is 6.29 Å². The normalized spacial score (nSPS) is 14.8. The molecule has 0 saturated carbocycles. The first-order valence-corrected chi connectivity index (χ1v) is 10.7. The molecule has 1 heterocycles.